The van der Waals surface area contributed by atoms with Crippen LogP contribution in [-0.2, 0) is 21.7 Å². The van der Waals surface area contributed by atoms with Crippen LogP contribution in [0.1, 0.15) is 24.1 Å². The Hall–Kier alpha value is -4.32. The number of aryl methyl sites for hydroxylation is 1. The van der Waals surface area contributed by atoms with Gasteiger partial charge in [0.05, 0.1) is 35.3 Å². The van der Waals surface area contributed by atoms with Crippen LogP contribution in [0.25, 0.3) is 34.2 Å². The Kier molecular flexibility index (Phi) is 6.45. The summed E-state index contributed by atoms with van der Waals surface area (Å²) in [7, 11) is -1.26. The van der Waals surface area contributed by atoms with Crippen molar-refractivity contribution in [2.75, 3.05) is 43.1 Å². The predicted octanol–water partition coefficient (Wildman–Crippen LogP) is 3.13. The summed E-state index contributed by atoms with van der Waals surface area (Å²) in [6, 6.07) is 11.8. The molecule has 7 rings (SSSR count). The van der Waals surface area contributed by atoms with Crippen LogP contribution < -0.4 is 14.4 Å². The minimum Gasteiger partial charge on any atom is -0.480 e. The summed E-state index contributed by atoms with van der Waals surface area (Å²) in [5.74, 6) is 1.28. The molecule has 2 aromatic carbocycles. The highest BCUT2D eigenvalue weighted by molar-refractivity contribution is 7.90. The molecular weight excluding hydrogens is 556 g/mol. The van der Waals surface area contributed by atoms with Gasteiger partial charge in [-0.15, -0.1) is 0 Å². The molecule has 2 fully saturated rings. The fourth-order valence-corrected chi connectivity index (χ4v) is 7.04. The third kappa shape index (κ3) is 4.89. The number of aromatic nitrogens is 4. The van der Waals surface area contributed by atoms with Gasteiger partial charge in [0, 0.05) is 55.5 Å². The van der Waals surface area contributed by atoms with Crippen molar-refractivity contribution in [2.45, 2.75) is 25.0 Å². The number of ether oxygens (including phenoxy) is 2. The Balaban J connectivity index is 1.31. The number of anilines is 1. The van der Waals surface area contributed by atoms with E-state index in [4.69, 9.17) is 9.47 Å². The number of rotatable bonds is 3. The topological polar surface area (TPSA) is 123 Å². The number of H-pyrrole nitrogens is 1. The van der Waals surface area contributed by atoms with E-state index in [0.29, 0.717) is 37.7 Å². The van der Waals surface area contributed by atoms with Gasteiger partial charge in [-0.2, -0.15) is 10.2 Å². The normalized spacial score (nSPS) is 21.3. The van der Waals surface area contributed by atoms with Gasteiger partial charge >= 0.3 is 0 Å². The molecule has 4 bridgehead atoms. The van der Waals surface area contributed by atoms with Gasteiger partial charge in [0.15, 0.2) is 6.10 Å². The van der Waals surface area contributed by atoms with E-state index in [1.807, 2.05) is 49.5 Å². The average molecular weight is 589 g/mol. The number of nitrogens with zero attached hydrogens (tertiary/aromatic N) is 5. The Morgan fingerprint density at radius 2 is 1.95 bits per heavy atom. The first kappa shape index (κ1) is 26.6. The number of sulfone groups is 1. The van der Waals surface area contributed by atoms with Gasteiger partial charge in [0.2, 0.25) is 5.88 Å². The van der Waals surface area contributed by atoms with Gasteiger partial charge in [0.1, 0.15) is 22.2 Å². The molecule has 3 aliphatic rings. The highest BCUT2D eigenvalue weighted by Gasteiger charge is 2.35. The van der Waals surface area contributed by atoms with Crippen molar-refractivity contribution in [2.24, 2.45) is 7.05 Å². The van der Waals surface area contributed by atoms with E-state index in [1.54, 1.807) is 15.8 Å². The molecule has 0 spiro atoms. The van der Waals surface area contributed by atoms with E-state index < -0.39 is 15.9 Å². The molecule has 3 aliphatic heterocycles. The Labute approximate surface area is 243 Å². The zero-order valence-electron chi connectivity index (χ0n) is 23.5. The highest BCUT2D eigenvalue weighted by atomic mass is 32.2. The van der Waals surface area contributed by atoms with Crippen LogP contribution in [0.5, 0.6) is 11.6 Å². The summed E-state index contributed by atoms with van der Waals surface area (Å²) in [5, 5.41) is 13.0. The second-order valence-corrected chi connectivity index (χ2v) is 13.4. The Morgan fingerprint density at radius 1 is 1.07 bits per heavy atom. The molecule has 12 heteroatoms. The monoisotopic (exact) mass is 588 g/mol. The van der Waals surface area contributed by atoms with Gasteiger partial charge in [-0.3, -0.25) is 9.89 Å². The van der Waals surface area contributed by atoms with Gasteiger partial charge in [-0.1, -0.05) is 6.07 Å². The van der Waals surface area contributed by atoms with Crippen molar-refractivity contribution in [1.29, 1.82) is 0 Å². The fraction of sp³-hybridized carbons (Fsp3) is 0.367. The molecule has 2 aromatic heterocycles. The third-order valence-electron chi connectivity index (χ3n) is 8.29. The number of fused-ring (bicyclic) bond motifs is 6. The van der Waals surface area contributed by atoms with Gasteiger partial charge in [0.25, 0.3) is 5.91 Å². The van der Waals surface area contributed by atoms with Crippen LogP contribution in [0, 0.1) is 0 Å². The Morgan fingerprint density at radius 3 is 2.76 bits per heavy atom. The van der Waals surface area contributed by atoms with Crippen LogP contribution >= 0.6 is 0 Å². The second kappa shape index (κ2) is 10.2. The molecule has 5 heterocycles. The zero-order chi connectivity index (χ0) is 29.0. The van der Waals surface area contributed by atoms with E-state index in [0.717, 1.165) is 51.9 Å². The van der Waals surface area contributed by atoms with Crippen molar-refractivity contribution in [3.63, 3.8) is 0 Å². The van der Waals surface area contributed by atoms with Crippen LogP contribution in [0.2, 0.25) is 0 Å². The molecule has 218 valence electrons. The van der Waals surface area contributed by atoms with Crippen molar-refractivity contribution in [3.8, 4) is 22.8 Å². The van der Waals surface area contributed by atoms with E-state index in [2.05, 4.69) is 26.3 Å². The van der Waals surface area contributed by atoms with Crippen LogP contribution in [-0.4, -0.2) is 89.6 Å². The molecule has 2 atom stereocenters. The van der Waals surface area contributed by atoms with Gasteiger partial charge in [-0.05, 0) is 54.5 Å². The molecule has 4 aromatic rings. The van der Waals surface area contributed by atoms with Crippen molar-refractivity contribution >= 4 is 44.5 Å². The maximum Gasteiger partial charge on any atom is 0.263 e. The maximum atomic E-state index is 13.3. The highest BCUT2D eigenvalue weighted by Crippen LogP contribution is 2.36. The minimum atomic E-state index is -3.10. The summed E-state index contributed by atoms with van der Waals surface area (Å²) in [4.78, 5) is 17.2. The SMILES string of the molecule is Cn1ncc2c1OCCN1CC[C@@H](Oc3ccc(N4CC[C@H]4CS(C)(=O)=O)cc3/C=C/c3n[nH]c4ccc-2cc34)C1=O. The fourth-order valence-electron chi connectivity index (χ4n) is 6.00. The molecule has 0 unspecified atom stereocenters. The number of carbonyl (C=O) groups is 1. The zero-order valence-corrected chi connectivity index (χ0v) is 24.3. The molecule has 11 nitrogen and oxygen atoms in total. The first-order valence-electron chi connectivity index (χ1n) is 14.1. The van der Waals surface area contributed by atoms with Crippen LogP contribution in [0.15, 0.2) is 42.6 Å². The quantitative estimate of drug-likeness (QED) is 0.388. The van der Waals surface area contributed by atoms with Crippen LogP contribution in [0.4, 0.5) is 5.69 Å². The molecular formula is C30H32N6O5S. The molecule has 42 heavy (non-hydrogen) atoms. The summed E-state index contributed by atoms with van der Waals surface area (Å²) < 4.78 is 38.2. The van der Waals surface area contributed by atoms with Crippen molar-refractivity contribution in [3.05, 3.63) is 53.9 Å². The predicted molar refractivity (Wildman–Crippen MR) is 160 cm³/mol. The van der Waals surface area contributed by atoms with Crippen molar-refractivity contribution < 1.29 is 22.7 Å². The largest absolute Gasteiger partial charge is 0.480 e. The van der Waals surface area contributed by atoms with E-state index in [9.17, 15) is 13.2 Å². The lowest BCUT2D eigenvalue weighted by atomic mass is 10.0. The van der Waals surface area contributed by atoms with Gasteiger partial charge in [-0.25, -0.2) is 13.1 Å². The standard InChI is InChI=1S/C30H32N6O5S/c1-34-30-24(17-31-34)19-3-6-25-23(16-19)26(33-32-25)7-4-20-15-21(36-12-9-22(36)18-42(2,38)39)5-8-27(20)41-28-10-11-35(29(28)37)13-14-40-30/h3-8,15-17,22,28H,9-14,18H2,1-2H3,(H,32,33)/b7-4+/t22-,28+/m0/s1. The van der Waals surface area contributed by atoms with E-state index in [-0.39, 0.29) is 17.7 Å². The number of carbonyl (C=O) groups excluding carboxylic acids is 1. The first-order valence-corrected chi connectivity index (χ1v) is 16.1. The number of aromatic amines is 1. The molecule has 1 N–H and O–H groups in total. The smallest absolute Gasteiger partial charge is 0.263 e. The minimum absolute atomic E-state index is 0.0589. The van der Waals surface area contributed by atoms with Gasteiger partial charge < -0.3 is 19.3 Å². The third-order valence-corrected chi connectivity index (χ3v) is 9.28. The summed E-state index contributed by atoms with van der Waals surface area (Å²) in [5.41, 5.74) is 5.17. The molecule has 0 radical (unpaired) electrons. The van der Waals surface area contributed by atoms with E-state index in [1.165, 1.54) is 6.26 Å². The molecule has 0 saturated carbocycles. The van der Waals surface area contributed by atoms with E-state index >= 15 is 0 Å². The number of nitrogens with one attached hydrogen (secondary N) is 1. The maximum absolute atomic E-state index is 13.3. The summed E-state index contributed by atoms with van der Waals surface area (Å²) in [6.45, 7) is 2.14. The number of hydrogen-bond donors (Lipinski definition) is 1. The number of hydrogen-bond acceptors (Lipinski definition) is 8. The summed E-state index contributed by atoms with van der Waals surface area (Å²) >= 11 is 0. The lowest BCUT2D eigenvalue weighted by Crippen LogP contribution is -2.51. The molecule has 0 aliphatic carbocycles. The average Bonchev–Trinajstić information content (AvgIpc) is 3.63. The van der Waals surface area contributed by atoms with Crippen LogP contribution in [0.3, 0.4) is 0 Å². The lowest BCUT2D eigenvalue weighted by Gasteiger charge is -2.42. The second-order valence-electron chi connectivity index (χ2n) is 11.2. The number of amides is 1. The molecule has 1 amide bonds. The Bertz CT molecular complexity index is 1830. The van der Waals surface area contributed by atoms with Crippen molar-refractivity contribution in [1.82, 2.24) is 24.9 Å². The lowest BCUT2D eigenvalue weighted by molar-refractivity contribution is -0.133. The summed E-state index contributed by atoms with van der Waals surface area (Å²) in [6.07, 6.45) is 7.75. The number of benzene rings is 2. The molecule has 2 saturated heterocycles. The first-order chi connectivity index (χ1) is 20.2.